The molecule has 1 N–H and O–H groups in total. The monoisotopic (exact) mass is 348 g/mol. The summed E-state index contributed by atoms with van der Waals surface area (Å²) in [6.07, 6.45) is 2.01. The van der Waals surface area contributed by atoms with E-state index in [-0.39, 0.29) is 17.6 Å². The van der Waals surface area contributed by atoms with Crippen molar-refractivity contribution in [2.24, 2.45) is 5.92 Å². The Morgan fingerprint density at radius 3 is 2.79 bits per heavy atom. The molecule has 2 aliphatic rings. The van der Waals surface area contributed by atoms with Crippen LogP contribution in [0.4, 0.5) is 5.69 Å². The summed E-state index contributed by atoms with van der Waals surface area (Å²) in [5.74, 6) is 6.06. The van der Waals surface area contributed by atoms with Crippen LogP contribution in [0.1, 0.15) is 12.8 Å². The largest absolute Gasteiger partial charge is 0.506 e. The standard InChI is InChI=1S/C18H21ClN2O3/c19-15-4-5-17(22)16(12-15)20-7-9-21(10-8-20)18(23)6-3-14-2-1-11-24-13-14/h4-5,12,14,22H,1-2,7-11,13H2. The van der Waals surface area contributed by atoms with Crippen LogP contribution in [0.3, 0.4) is 0 Å². The fourth-order valence-corrected chi connectivity index (χ4v) is 3.16. The Kier molecular flexibility index (Phi) is 5.49. The van der Waals surface area contributed by atoms with Gasteiger partial charge in [-0.15, -0.1) is 0 Å². The van der Waals surface area contributed by atoms with Gasteiger partial charge in [-0.05, 0) is 37.0 Å². The first-order chi connectivity index (χ1) is 11.6. The summed E-state index contributed by atoms with van der Waals surface area (Å²) in [5.41, 5.74) is 0.708. The van der Waals surface area contributed by atoms with E-state index in [4.69, 9.17) is 16.3 Å². The van der Waals surface area contributed by atoms with Gasteiger partial charge in [-0.1, -0.05) is 17.5 Å². The molecule has 128 valence electrons. The van der Waals surface area contributed by atoms with E-state index in [1.165, 1.54) is 0 Å². The number of halogens is 1. The molecule has 5 nitrogen and oxygen atoms in total. The van der Waals surface area contributed by atoms with Crippen LogP contribution < -0.4 is 4.90 Å². The summed E-state index contributed by atoms with van der Waals surface area (Å²) in [4.78, 5) is 16.0. The van der Waals surface area contributed by atoms with Gasteiger partial charge in [-0.2, -0.15) is 0 Å². The average molecular weight is 349 g/mol. The highest BCUT2D eigenvalue weighted by atomic mass is 35.5. The molecule has 0 bridgehead atoms. The first-order valence-electron chi connectivity index (χ1n) is 8.25. The summed E-state index contributed by atoms with van der Waals surface area (Å²) in [7, 11) is 0. The SMILES string of the molecule is O=C(C#CC1CCCOC1)N1CCN(c2cc(Cl)ccc2O)CC1. The highest BCUT2D eigenvalue weighted by Crippen LogP contribution is 2.30. The Labute approximate surface area is 147 Å². The van der Waals surface area contributed by atoms with Gasteiger partial charge in [0, 0.05) is 43.7 Å². The highest BCUT2D eigenvalue weighted by molar-refractivity contribution is 6.30. The Bertz CT molecular complexity index is 654. The summed E-state index contributed by atoms with van der Waals surface area (Å²) in [5, 5.41) is 10.6. The van der Waals surface area contributed by atoms with Crippen LogP contribution in [0.25, 0.3) is 0 Å². The molecule has 2 heterocycles. The lowest BCUT2D eigenvalue weighted by Gasteiger charge is -2.35. The average Bonchev–Trinajstić information content (AvgIpc) is 2.63. The molecule has 1 aromatic rings. The van der Waals surface area contributed by atoms with Crippen molar-refractivity contribution >= 4 is 23.2 Å². The van der Waals surface area contributed by atoms with Crippen molar-refractivity contribution in [3.05, 3.63) is 23.2 Å². The number of nitrogens with zero attached hydrogens (tertiary/aromatic N) is 2. The molecule has 0 spiro atoms. The van der Waals surface area contributed by atoms with E-state index in [1.807, 2.05) is 4.90 Å². The zero-order chi connectivity index (χ0) is 16.9. The number of phenols is 1. The number of aromatic hydroxyl groups is 1. The predicted octanol–water partition coefficient (Wildman–Crippen LogP) is 2.12. The summed E-state index contributed by atoms with van der Waals surface area (Å²) in [6, 6.07) is 4.99. The van der Waals surface area contributed by atoms with Crippen molar-refractivity contribution in [3.63, 3.8) is 0 Å². The number of rotatable bonds is 1. The van der Waals surface area contributed by atoms with Crippen molar-refractivity contribution in [1.29, 1.82) is 0 Å². The van der Waals surface area contributed by atoms with E-state index in [0.717, 1.165) is 19.4 Å². The minimum Gasteiger partial charge on any atom is -0.506 e. The van der Waals surface area contributed by atoms with E-state index < -0.39 is 0 Å². The maximum Gasteiger partial charge on any atom is 0.298 e. The summed E-state index contributed by atoms with van der Waals surface area (Å²) < 4.78 is 5.38. The first-order valence-corrected chi connectivity index (χ1v) is 8.63. The maximum atomic E-state index is 12.2. The number of hydrogen-bond acceptors (Lipinski definition) is 4. The third kappa shape index (κ3) is 4.14. The second-order valence-electron chi connectivity index (χ2n) is 6.10. The molecule has 1 amide bonds. The minimum atomic E-state index is -0.129. The van der Waals surface area contributed by atoms with Crippen LogP contribution in [0, 0.1) is 17.8 Å². The van der Waals surface area contributed by atoms with Crippen molar-refractivity contribution in [3.8, 4) is 17.6 Å². The third-order valence-electron chi connectivity index (χ3n) is 4.39. The van der Waals surface area contributed by atoms with Crippen molar-refractivity contribution in [1.82, 2.24) is 4.90 Å². The van der Waals surface area contributed by atoms with Crippen molar-refractivity contribution in [2.75, 3.05) is 44.3 Å². The van der Waals surface area contributed by atoms with Crippen LogP contribution in [0.15, 0.2) is 18.2 Å². The molecule has 3 rings (SSSR count). The zero-order valence-electron chi connectivity index (χ0n) is 13.5. The molecule has 2 saturated heterocycles. The van der Waals surface area contributed by atoms with Gasteiger partial charge < -0.3 is 19.6 Å². The normalized spacial score (nSPS) is 21.1. The summed E-state index contributed by atoms with van der Waals surface area (Å²) >= 11 is 6.00. The topological polar surface area (TPSA) is 53.0 Å². The molecular formula is C18H21ClN2O3. The molecule has 24 heavy (non-hydrogen) atoms. The van der Waals surface area contributed by atoms with Crippen LogP contribution in [-0.2, 0) is 9.53 Å². The van der Waals surface area contributed by atoms with E-state index in [1.54, 1.807) is 23.1 Å². The van der Waals surface area contributed by atoms with Gasteiger partial charge >= 0.3 is 0 Å². The Hall–Kier alpha value is -1.90. The van der Waals surface area contributed by atoms with E-state index in [9.17, 15) is 9.90 Å². The van der Waals surface area contributed by atoms with E-state index >= 15 is 0 Å². The molecule has 0 radical (unpaired) electrons. The van der Waals surface area contributed by atoms with Gasteiger partial charge in [0.25, 0.3) is 5.91 Å². The smallest absolute Gasteiger partial charge is 0.298 e. The number of piperazine rings is 1. The molecule has 1 unspecified atom stereocenters. The number of carbonyl (C=O) groups excluding carboxylic acids is 1. The van der Waals surface area contributed by atoms with Gasteiger partial charge in [0.1, 0.15) is 5.75 Å². The molecule has 0 saturated carbocycles. The molecule has 2 aliphatic heterocycles. The number of anilines is 1. The fourth-order valence-electron chi connectivity index (χ4n) is 3.00. The maximum absolute atomic E-state index is 12.2. The van der Waals surface area contributed by atoms with Crippen LogP contribution >= 0.6 is 11.6 Å². The molecular weight excluding hydrogens is 328 g/mol. The lowest BCUT2D eigenvalue weighted by atomic mass is 10.0. The van der Waals surface area contributed by atoms with Crippen molar-refractivity contribution in [2.45, 2.75) is 12.8 Å². The molecule has 2 fully saturated rings. The number of hydrogen-bond donors (Lipinski definition) is 1. The highest BCUT2D eigenvalue weighted by Gasteiger charge is 2.22. The van der Waals surface area contributed by atoms with Crippen LogP contribution in [0.2, 0.25) is 5.02 Å². The van der Waals surface area contributed by atoms with Gasteiger partial charge in [0.15, 0.2) is 0 Å². The number of ether oxygens (including phenoxy) is 1. The molecule has 1 atom stereocenters. The quantitative estimate of drug-likeness (QED) is 0.790. The number of amides is 1. The van der Waals surface area contributed by atoms with Crippen molar-refractivity contribution < 1.29 is 14.6 Å². The van der Waals surface area contributed by atoms with Crippen LogP contribution in [0.5, 0.6) is 5.75 Å². The van der Waals surface area contributed by atoms with Gasteiger partial charge in [-0.25, -0.2) is 0 Å². The Morgan fingerprint density at radius 2 is 2.08 bits per heavy atom. The van der Waals surface area contributed by atoms with Gasteiger partial charge in [0.2, 0.25) is 0 Å². The predicted molar refractivity (Wildman–Crippen MR) is 93.2 cm³/mol. The Balaban J connectivity index is 1.55. The van der Waals surface area contributed by atoms with Gasteiger partial charge in [-0.3, -0.25) is 4.79 Å². The zero-order valence-corrected chi connectivity index (χ0v) is 14.3. The fraction of sp³-hybridized carbons (Fsp3) is 0.500. The molecule has 1 aromatic carbocycles. The lowest BCUT2D eigenvalue weighted by Crippen LogP contribution is -2.48. The Morgan fingerprint density at radius 1 is 1.29 bits per heavy atom. The minimum absolute atomic E-state index is 0.129. The van der Waals surface area contributed by atoms with Crippen LogP contribution in [-0.4, -0.2) is 55.3 Å². The third-order valence-corrected chi connectivity index (χ3v) is 4.62. The second-order valence-corrected chi connectivity index (χ2v) is 6.53. The summed E-state index contributed by atoms with van der Waals surface area (Å²) in [6.45, 7) is 3.88. The first kappa shape index (κ1) is 16.9. The van der Waals surface area contributed by atoms with Gasteiger partial charge in [0.05, 0.1) is 12.3 Å². The second kappa shape index (κ2) is 7.78. The van der Waals surface area contributed by atoms with E-state index in [2.05, 4.69) is 11.8 Å². The lowest BCUT2D eigenvalue weighted by molar-refractivity contribution is -0.125. The number of benzene rings is 1. The molecule has 0 aromatic heterocycles. The number of carbonyl (C=O) groups is 1. The number of phenolic OH excluding ortho intramolecular Hbond substituents is 1. The molecule has 6 heteroatoms. The van der Waals surface area contributed by atoms with E-state index in [0.29, 0.717) is 43.5 Å². The molecule has 0 aliphatic carbocycles.